The third-order valence-corrected chi connectivity index (χ3v) is 18.4. The number of hydrogen-bond donors (Lipinski definition) is 0. The lowest BCUT2D eigenvalue weighted by molar-refractivity contribution is 0.0556. The Kier molecular flexibility index (Phi) is 24.6. The van der Waals surface area contributed by atoms with Crippen LogP contribution >= 0.6 is 22.7 Å². The number of imide groups is 2. The summed E-state index contributed by atoms with van der Waals surface area (Å²) in [4.78, 5) is 68.4. The van der Waals surface area contributed by atoms with Gasteiger partial charge in [-0.05, 0) is 93.3 Å². The summed E-state index contributed by atoms with van der Waals surface area (Å²) in [7, 11) is 0. The van der Waals surface area contributed by atoms with Crippen LogP contribution in [0.15, 0.2) is 36.4 Å². The molecule has 0 bridgehead atoms. The predicted molar refractivity (Wildman–Crippen MR) is 308 cm³/mol. The van der Waals surface area contributed by atoms with Crippen molar-refractivity contribution in [2.24, 2.45) is 11.8 Å². The summed E-state index contributed by atoms with van der Waals surface area (Å²) < 4.78 is 0. The number of carbonyl (C=O) groups excluding carboxylic acids is 4. The van der Waals surface area contributed by atoms with Gasteiger partial charge in [0.25, 0.3) is 23.6 Å². The molecule has 0 fully saturated rings. The Morgan fingerprint density at radius 2 is 0.722 bits per heavy atom. The van der Waals surface area contributed by atoms with E-state index in [0.29, 0.717) is 57.2 Å². The van der Waals surface area contributed by atoms with Gasteiger partial charge >= 0.3 is 0 Å². The maximum atomic E-state index is 15.5. The van der Waals surface area contributed by atoms with E-state index in [1.54, 1.807) is 32.5 Å². The molecule has 0 spiro atoms. The fraction of sp³-hybridized carbons (Fsp3) is 0.656. The molecule has 2 atom stereocenters. The van der Waals surface area contributed by atoms with Crippen molar-refractivity contribution in [2.75, 3.05) is 13.1 Å². The monoisotopic (exact) mass is 1020 g/mol. The molecular formula is C64H94N2O4S2. The molecule has 396 valence electrons. The van der Waals surface area contributed by atoms with E-state index >= 15 is 19.2 Å². The number of nitrogens with zero attached hydrogens (tertiary/aromatic N) is 2. The Bertz CT molecular complexity index is 2340. The Morgan fingerprint density at radius 3 is 1.14 bits per heavy atom. The predicted octanol–water partition coefficient (Wildman–Crippen LogP) is 19.9. The lowest BCUT2D eigenvalue weighted by Gasteiger charge is -2.36. The summed E-state index contributed by atoms with van der Waals surface area (Å²) in [5, 5.41) is 0.996. The second-order valence-corrected chi connectivity index (χ2v) is 24.5. The van der Waals surface area contributed by atoms with Crippen molar-refractivity contribution in [2.45, 2.75) is 247 Å². The van der Waals surface area contributed by atoms with Crippen LogP contribution in [-0.2, 0) is 0 Å². The first-order valence-corrected chi connectivity index (χ1v) is 31.3. The molecule has 2 aromatic heterocycles. The number of thiophene rings is 2. The highest BCUT2D eigenvalue weighted by atomic mass is 32.1. The topological polar surface area (TPSA) is 74.8 Å². The number of carbonyl (C=O) groups is 4. The van der Waals surface area contributed by atoms with Crippen molar-refractivity contribution >= 4 is 57.1 Å². The van der Waals surface area contributed by atoms with Crippen LogP contribution < -0.4 is 0 Å². The Morgan fingerprint density at radius 1 is 0.375 bits per heavy atom. The number of rotatable bonds is 38. The molecule has 0 N–H and O–H groups in total. The zero-order chi connectivity index (χ0) is 51.2. The van der Waals surface area contributed by atoms with Gasteiger partial charge in [0.05, 0.1) is 11.1 Å². The van der Waals surface area contributed by atoms with Crippen molar-refractivity contribution in [3.8, 4) is 20.2 Å². The van der Waals surface area contributed by atoms with Gasteiger partial charge in [-0.25, -0.2) is 0 Å². The Labute approximate surface area is 444 Å². The smallest absolute Gasteiger partial charge is 0.262 e. The maximum absolute atomic E-state index is 15.5. The molecule has 2 aromatic carbocycles. The first-order valence-electron chi connectivity index (χ1n) is 29.7. The number of aryl methyl sites for hydroxylation is 2. The molecule has 2 unspecified atom stereocenters. The zero-order valence-electron chi connectivity index (χ0n) is 46.0. The van der Waals surface area contributed by atoms with E-state index in [1.165, 1.54) is 164 Å². The van der Waals surface area contributed by atoms with Crippen molar-refractivity contribution < 1.29 is 19.2 Å². The highest BCUT2D eigenvalue weighted by Gasteiger charge is 2.43. The standard InChI is InChI=1S/C64H94N2O4S2/c1-7-11-15-19-23-25-29-33-37-49(35-31-27-21-17-13-9-3)45-65-62(68)53-44-51(54-41-42-56(72-54)55-40-39-48(6)71-55)60-59-52(43-47(5)57(58(53)59)63(65)69)61(67)66(64(60)70)46-50(36-32-28-22-18-14-10-4)38-34-30-26-24-20-16-12-8-2/h39-44,49-50H,7-38,45-46H2,1-6H3. The summed E-state index contributed by atoms with van der Waals surface area (Å²) in [5.74, 6) is -0.719. The van der Waals surface area contributed by atoms with E-state index in [4.69, 9.17) is 0 Å². The van der Waals surface area contributed by atoms with Gasteiger partial charge in [-0.1, -0.05) is 207 Å². The Balaban J connectivity index is 1.33. The second kappa shape index (κ2) is 30.7. The van der Waals surface area contributed by atoms with Crippen LogP contribution in [0.25, 0.3) is 31.0 Å². The van der Waals surface area contributed by atoms with E-state index in [1.807, 2.05) is 19.1 Å². The van der Waals surface area contributed by atoms with Gasteiger partial charge in [-0.3, -0.25) is 29.0 Å². The van der Waals surface area contributed by atoms with Crippen LogP contribution in [0.2, 0.25) is 0 Å². The van der Waals surface area contributed by atoms with Crippen molar-refractivity contribution in [1.82, 2.24) is 9.80 Å². The molecule has 0 radical (unpaired) electrons. The fourth-order valence-electron chi connectivity index (χ4n) is 11.8. The van der Waals surface area contributed by atoms with Gasteiger partial charge in [-0.15, -0.1) is 22.7 Å². The summed E-state index contributed by atoms with van der Waals surface area (Å²) in [5.41, 5.74) is 3.24. The summed E-state index contributed by atoms with van der Waals surface area (Å²) in [6, 6.07) is 12.3. The maximum Gasteiger partial charge on any atom is 0.262 e. The molecule has 8 heteroatoms. The van der Waals surface area contributed by atoms with Crippen LogP contribution in [0.3, 0.4) is 0 Å². The lowest BCUT2D eigenvalue weighted by Crippen LogP contribution is -2.46. The fourth-order valence-corrected chi connectivity index (χ4v) is 13.8. The highest BCUT2D eigenvalue weighted by Crippen LogP contribution is 2.47. The van der Waals surface area contributed by atoms with Crippen LogP contribution in [0.5, 0.6) is 0 Å². The van der Waals surface area contributed by atoms with Gasteiger partial charge < -0.3 is 0 Å². The lowest BCUT2D eigenvalue weighted by atomic mass is 9.80. The molecule has 2 aliphatic heterocycles. The normalized spacial score (nSPS) is 14.4. The number of unbranched alkanes of at least 4 members (excludes halogenated alkanes) is 24. The van der Waals surface area contributed by atoms with Crippen molar-refractivity contribution in [3.05, 3.63) is 69.1 Å². The minimum absolute atomic E-state index is 0.213. The summed E-state index contributed by atoms with van der Waals surface area (Å²) in [6.07, 6.45) is 38.5. The highest BCUT2D eigenvalue weighted by molar-refractivity contribution is 7.23. The second-order valence-electron chi connectivity index (χ2n) is 22.1. The first kappa shape index (κ1) is 57.7. The van der Waals surface area contributed by atoms with Gasteiger partial charge in [-0.2, -0.15) is 0 Å². The molecule has 72 heavy (non-hydrogen) atoms. The third kappa shape index (κ3) is 15.7. The van der Waals surface area contributed by atoms with E-state index < -0.39 is 0 Å². The SMILES string of the molecule is CCCCCCCCCCC(CCCCCCCC)CN1C(=O)c2cc(-c3ccc(-c4ccc(C)s4)s3)c3c4c(cc(C)c(c24)C1=O)C(=O)N(CC(CCCCCCCC)CCCCCCCCCC)C3=O. The molecule has 6 rings (SSSR count). The first-order chi connectivity index (χ1) is 35.1. The van der Waals surface area contributed by atoms with E-state index in [2.05, 4.69) is 58.9 Å². The molecule has 0 saturated heterocycles. The molecular weight excluding hydrogens is 925 g/mol. The largest absolute Gasteiger partial charge is 0.274 e. The van der Waals surface area contributed by atoms with Gasteiger partial charge in [0, 0.05) is 60.1 Å². The molecule has 4 heterocycles. The summed E-state index contributed by atoms with van der Waals surface area (Å²) in [6.45, 7) is 13.9. The molecule has 4 amide bonds. The Hall–Kier alpha value is -3.62. The average Bonchev–Trinajstić information content (AvgIpc) is 4.05. The molecule has 6 nitrogen and oxygen atoms in total. The summed E-state index contributed by atoms with van der Waals surface area (Å²) >= 11 is 3.38. The molecule has 2 aliphatic rings. The zero-order valence-corrected chi connectivity index (χ0v) is 47.6. The third-order valence-electron chi connectivity index (χ3n) is 16.1. The van der Waals surface area contributed by atoms with E-state index in [9.17, 15) is 0 Å². The van der Waals surface area contributed by atoms with Crippen LogP contribution in [0.1, 0.15) is 285 Å². The quantitative estimate of drug-likeness (QED) is 0.0331. The minimum atomic E-state index is -0.293. The van der Waals surface area contributed by atoms with Gasteiger partial charge in [0.15, 0.2) is 0 Å². The van der Waals surface area contributed by atoms with Crippen LogP contribution in [0.4, 0.5) is 0 Å². The van der Waals surface area contributed by atoms with Crippen molar-refractivity contribution in [3.63, 3.8) is 0 Å². The minimum Gasteiger partial charge on any atom is -0.274 e. The number of amides is 4. The molecule has 4 aromatic rings. The molecule has 0 aliphatic carbocycles. The van der Waals surface area contributed by atoms with Gasteiger partial charge in [0.2, 0.25) is 0 Å². The number of hydrogen-bond acceptors (Lipinski definition) is 6. The van der Waals surface area contributed by atoms with Crippen LogP contribution in [-0.4, -0.2) is 46.5 Å². The average molecular weight is 1020 g/mol. The van der Waals surface area contributed by atoms with E-state index in [0.717, 1.165) is 61.1 Å². The van der Waals surface area contributed by atoms with E-state index in [-0.39, 0.29) is 35.5 Å². The van der Waals surface area contributed by atoms with Crippen molar-refractivity contribution in [1.29, 1.82) is 0 Å². The number of benzene rings is 2. The van der Waals surface area contributed by atoms with Gasteiger partial charge in [0.1, 0.15) is 0 Å². The van der Waals surface area contributed by atoms with Crippen LogP contribution in [0, 0.1) is 25.7 Å². The molecule has 0 saturated carbocycles.